The zero-order valence-corrected chi connectivity index (χ0v) is 18.9. The highest BCUT2D eigenvalue weighted by atomic mass is 19.1. The number of rotatable bonds is 5. The maximum atomic E-state index is 14.0. The fourth-order valence-corrected chi connectivity index (χ4v) is 4.60. The molecule has 3 aromatic carbocycles. The molecule has 0 unspecified atom stereocenters. The Labute approximate surface area is 196 Å². The normalized spacial score (nSPS) is 15.6. The number of hydrogen-bond donors (Lipinski definition) is 0. The average molecular weight is 458 g/mol. The summed E-state index contributed by atoms with van der Waals surface area (Å²) in [6, 6.07) is 18.4. The maximum Gasteiger partial charge on any atom is 0.282 e. The largest absolute Gasteiger partial charge is 0.497 e. The quantitative estimate of drug-likeness (QED) is 0.524. The van der Waals surface area contributed by atoms with Crippen molar-refractivity contribution in [1.82, 2.24) is 0 Å². The van der Waals surface area contributed by atoms with E-state index in [2.05, 4.69) is 0 Å². The maximum absolute atomic E-state index is 14.0. The monoisotopic (exact) mass is 458 g/mol. The van der Waals surface area contributed by atoms with E-state index in [0.29, 0.717) is 23.6 Å². The molecular formula is C27H23FN2O4. The van der Waals surface area contributed by atoms with E-state index in [1.54, 1.807) is 18.2 Å². The van der Waals surface area contributed by atoms with Crippen LogP contribution in [0.3, 0.4) is 0 Å². The van der Waals surface area contributed by atoms with Crippen LogP contribution in [0.15, 0.2) is 72.4 Å². The van der Waals surface area contributed by atoms with E-state index >= 15 is 0 Å². The van der Waals surface area contributed by atoms with Crippen LogP contribution in [0.2, 0.25) is 0 Å². The summed E-state index contributed by atoms with van der Waals surface area (Å²) in [5.74, 6) is -0.538. The molecule has 3 aromatic rings. The number of halogens is 1. The van der Waals surface area contributed by atoms with Gasteiger partial charge in [-0.2, -0.15) is 0 Å². The Bertz CT molecular complexity index is 1320. The first-order chi connectivity index (χ1) is 16.5. The summed E-state index contributed by atoms with van der Waals surface area (Å²) in [5.41, 5.74) is 3.26. The first-order valence-corrected chi connectivity index (χ1v) is 11.0. The fraction of sp³-hybridized carbons (Fsp3) is 0.185. The van der Waals surface area contributed by atoms with Gasteiger partial charge in [0.2, 0.25) is 0 Å². The first-order valence-electron chi connectivity index (χ1n) is 11.0. The van der Waals surface area contributed by atoms with Crippen molar-refractivity contribution in [2.24, 2.45) is 0 Å². The Morgan fingerprint density at radius 3 is 2.35 bits per heavy atom. The minimum atomic E-state index is -0.499. The molecule has 2 amide bonds. The van der Waals surface area contributed by atoms with Gasteiger partial charge in [0.25, 0.3) is 11.8 Å². The lowest BCUT2D eigenvalue weighted by molar-refractivity contribution is -0.120. The molecule has 0 saturated carbocycles. The van der Waals surface area contributed by atoms with Gasteiger partial charge in [-0.15, -0.1) is 0 Å². The minimum Gasteiger partial charge on any atom is -0.497 e. The molecule has 2 heterocycles. The molecule has 2 aliphatic rings. The molecule has 34 heavy (non-hydrogen) atoms. The van der Waals surface area contributed by atoms with E-state index in [-0.39, 0.29) is 17.0 Å². The molecular weight excluding hydrogens is 435 g/mol. The fourth-order valence-electron chi connectivity index (χ4n) is 4.60. The van der Waals surface area contributed by atoms with Crippen molar-refractivity contribution >= 4 is 28.8 Å². The van der Waals surface area contributed by atoms with Crippen LogP contribution in [0.5, 0.6) is 11.5 Å². The summed E-state index contributed by atoms with van der Waals surface area (Å²) in [5, 5.41) is 0. The summed E-state index contributed by atoms with van der Waals surface area (Å²) in [6.07, 6.45) is 1.72. The van der Waals surface area contributed by atoms with E-state index in [4.69, 9.17) is 9.47 Å². The predicted octanol–water partition coefficient (Wildman–Crippen LogP) is 4.58. The van der Waals surface area contributed by atoms with Crippen LogP contribution >= 0.6 is 0 Å². The van der Waals surface area contributed by atoms with Crippen molar-refractivity contribution in [1.29, 1.82) is 0 Å². The third-order valence-electron chi connectivity index (χ3n) is 6.20. The average Bonchev–Trinajstić information content (AvgIpc) is 3.13. The number of carbonyl (C=O) groups excluding carboxylic acids is 2. The standard InChI is InChI=1S/C27H23FN2O4/c1-33-20-13-14-23(34-2)22(16-20)30-26(31)24(18-9-11-19(28)12-10-18)25(27(30)32)29-15-5-7-17-6-3-4-8-21(17)29/h3-4,6,8-14,16H,5,7,15H2,1-2H3. The highest BCUT2D eigenvalue weighted by Crippen LogP contribution is 2.42. The topological polar surface area (TPSA) is 59.1 Å². The molecule has 0 aromatic heterocycles. The molecule has 2 aliphatic heterocycles. The van der Waals surface area contributed by atoms with Gasteiger partial charge in [-0.3, -0.25) is 9.59 Å². The van der Waals surface area contributed by atoms with Crippen molar-refractivity contribution in [3.63, 3.8) is 0 Å². The van der Waals surface area contributed by atoms with E-state index < -0.39 is 17.6 Å². The van der Waals surface area contributed by atoms with Gasteiger partial charge in [-0.25, -0.2) is 9.29 Å². The zero-order valence-electron chi connectivity index (χ0n) is 18.9. The number of carbonyl (C=O) groups is 2. The summed E-state index contributed by atoms with van der Waals surface area (Å²) in [6.45, 7) is 0.582. The lowest BCUT2D eigenvalue weighted by atomic mass is 9.98. The molecule has 0 fully saturated rings. The van der Waals surface area contributed by atoms with Crippen LogP contribution in [-0.4, -0.2) is 32.6 Å². The number of methoxy groups -OCH3 is 2. The molecule has 0 atom stereocenters. The molecule has 172 valence electrons. The van der Waals surface area contributed by atoms with Gasteiger partial charge in [-0.05, 0) is 54.3 Å². The van der Waals surface area contributed by atoms with Crippen molar-refractivity contribution in [2.45, 2.75) is 12.8 Å². The predicted molar refractivity (Wildman–Crippen MR) is 127 cm³/mol. The van der Waals surface area contributed by atoms with E-state index in [9.17, 15) is 14.0 Å². The number of ether oxygens (including phenoxy) is 2. The molecule has 7 heteroatoms. The molecule has 5 rings (SSSR count). The highest BCUT2D eigenvalue weighted by molar-refractivity contribution is 6.46. The van der Waals surface area contributed by atoms with Crippen LogP contribution in [0, 0.1) is 5.82 Å². The van der Waals surface area contributed by atoms with Crippen molar-refractivity contribution in [3.8, 4) is 11.5 Å². The SMILES string of the molecule is COc1ccc(OC)c(N2C(=O)C(c3ccc(F)cc3)=C(N3CCCc4ccccc43)C2=O)c1. The Hall–Kier alpha value is -4.13. The third-order valence-corrected chi connectivity index (χ3v) is 6.20. The number of fused-ring (bicyclic) bond motifs is 1. The number of aryl methyl sites for hydroxylation is 1. The molecule has 0 spiro atoms. The smallest absolute Gasteiger partial charge is 0.282 e. The number of anilines is 2. The van der Waals surface area contributed by atoms with Gasteiger partial charge < -0.3 is 14.4 Å². The van der Waals surface area contributed by atoms with Gasteiger partial charge in [0.1, 0.15) is 23.0 Å². The molecule has 0 N–H and O–H groups in total. The Kier molecular flexibility index (Phi) is 5.53. The van der Waals surface area contributed by atoms with Crippen molar-refractivity contribution in [3.05, 3.63) is 89.4 Å². The number of para-hydroxylation sites is 1. The van der Waals surface area contributed by atoms with Crippen molar-refractivity contribution < 1.29 is 23.5 Å². The second-order valence-corrected chi connectivity index (χ2v) is 8.10. The lowest BCUT2D eigenvalue weighted by Crippen LogP contribution is -2.37. The summed E-state index contributed by atoms with van der Waals surface area (Å²) in [7, 11) is 2.99. The zero-order chi connectivity index (χ0) is 23.8. The molecule has 6 nitrogen and oxygen atoms in total. The lowest BCUT2D eigenvalue weighted by Gasteiger charge is -2.32. The first kappa shape index (κ1) is 21.7. The van der Waals surface area contributed by atoms with Crippen LogP contribution < -0.4 is 19.3 Å². The van der Waals surface area contributed by atoms with Gasteiger partial charge in [-0.1, -0.05) is 30.3 Å². The number of amides is 2. The van der Waals surface area contributed by atoms with Crippen molar-refractivity contribution in [2.75, 3.05) is 30.6 Å². The van der Waals surface area contributed by atoms with Gasteiger partial charge in [0.15, 0.2) is 0 Å². The van der Waals surface area contributed by atoms with Gasteiger partial charge in [0, 0.05) is 18.3 Å². The van der Waals surface area contributed by atoms with Crippen LogP contribution in [0.25, 0.3) is 5.57 Å². The number of hydrogen-bond acceptors (Lipinski definition) is 5. The third kappa shape index (κ3) is 3.50. The minimum absolute atomic E-state index is 0.228. The summed E-state index contributed by atoms with van der Waals surface area (Å²) in [4.78, 5) is 30.9. The molecule has 0 saturated heterocycles. The van der Waals surface area contributed by atoms with E-state index in [0.717, 1.165) is 29.0 Å². The second-order valence-electron chi connectivity index (χ2n) is 8.10. The van der Waals surface area contributed by atoms with Crippen LogP contribution in [-0.2, 0) is 16.0 Å². The molecule has 0 radical (unpaired) electrons. The summed E-state index contributed by atoms with van der Waals surface area (Å²) < 4.78 is 24.5. The summed E-state index contributed by atoms with van der Waals surface area (Å²) >= 11 is 0. The molecule has 0 bridgehead atoms. The number of imide groups is 1. The van der Waals surface area contributed by atoms with Gasteiger partial charge >= 0.3 is 0 Å². The van der Waals surface area contributed by atoms with Crippen LogP contribution in [0.1, 0.15) is 17.5 Å². The van der Waals surface area contributed by atoms with Crippen LogP contribution in [0.4, 0.5) is 15.8 Å². The Balaban J connectivity index is 1.71. The van der Waals surface area contributed by atoms with E-state index in [1.807, 2.05) is 29.2 Å². The highest BCUT2D eigenvalue weighted by Gasteiger charge is 2.44. The van der Waals surface area contributed by atoms with Gasteiger partial charge in [0.05, 0.1) is 25.5 Å². The number of benzene rings is 3. The second kappa shape index (κ2) is 8.67. The Morgan fingerprint density at radius 1 is 0.853 bits per heavy atom. The number of nitrogens with zero attached hydrogens (tertiary/aromatic N) is 2. The molecule has 0 aliphatic carbocycles. The van der Waals surface area contributed by atoms with E-state index in [1.165, 1.54) is 38.5 Å². The Morgan fingerprint density at radius 2 is 1.62 bits per heavy atom.